The van der Waals surface area contributed by atoms with Gasteiger partial charge in [0.25, 0.3) is 0 Å². The second kappa shape index (κ2) is 2.93. The van der Waals surface area contributed by atoms with E-state index < -0.39 is 0 Å². The Morgan fingerprint density at radius 3 is 2.00 bits per heavy atom. The highest BCUT2D eigenvalue weighted by molar-refractivity contribution is 5.35. The normalized spacial score (nSPS) is 11.8. The smallest absolute Gasteiger partial charge is 0.0129 e. The van der Waals surface area contributed by atoms with Crippen molar-refractivity contribution in [2.24, 2.45) is 0 Å². The highest BCUT2D eigenvalue weighted by Gasteiger charge is 2.15. The van der Waals surface area contributed by atoms with Crippen molar-refractivity contribution in [3.05, 3.63) is 34.9 Å². The second-order valence-corrected chi connectivity index (χ2v) is 4.57. The van der Waals surface area contributed by atoms with E-state index in [2.05, 4.69) is 52.8 Å². The number of benzene rings is 1. The first-order chi connectivity index (χ1) is 5.41. The Labute approximate surface area is 75.6 Å². The third-order valence-corrected chi connectivity index (χ3v) is 2.20. The lowest BCUT2D eigenvalue weighted by atomic mass is 9.83. The van der Waals surface area contributed by atoms with Crippen LogP contribution in [-0.2, 0) is 5.41 Å². The van der Waals surface area contributed by atoms with E-state index in [9.17, 15) is 0 Å². The average Bonchev–Trinajstić information content (AvgIpc) is 1.92. The van der Waals surface area contributed by atoms with Crippen LogP contribution >= 0.6 is 0 Å². The van der Waals surface area contributed by atoms with Crippen LogP contribution in [-0.4, -0.2) is 0 Å². The largest absolute Gasteiger partial charge is 0.0590 e. The third-order valence-electron chi connectivity index (χ3n) is 2.20. The van der Waals surface area contributed by atoms with E-state index in [0.29, 0.717) is 0 Å². The van der Waals surface area contributed by atoms with Gasteiger partial charge in [0, 0.05) is 0 Å². The summed E-state index contributed by atoms with van der Waals surface area (Å²) in [7, 11) is 0. The fraction of sp³-hybridized carbons (Fsp3) is 0.500. The summed E-state index contributed by atoms with van der Waals surface area (Å²) in [5, 5.41) is 0. The third kappa shape index (κ3) is 1.88. The fourth-order valence-corrected chi connectivity index (χ4v) is 1.54. The van der Waals surface area contributed by atoms with Crippen molar-refractivity contribution in [1.29, 1.82) is 0 Å². The quantitative estimate of drug-likeness (QED) is 0.546. The van der Waals surface area contributed by atoms with Gasteiger partial charge >= 0.3 is 0 Å². The Kier molecular flexibility index (Phi) is 2.27. The lowest BCUT2D eigenvalue weighted by Crippen LogP contribution is -2.13. The molecule has 0 fully saturated rings. The summed E-state index contributed by atoms with van der Waals surface area (Å²) in [6.07, 6.45) is 0. The number of hydrogen-bond donors (Lipinski definition) is 0. The SMILES string of the molecule is Cc1ccc(C)c(C(C)(C)C)c1. The second-order valence-electron chi connectivity index (χ2n) is 4.57. The van der Waals surface area contributed by atoms with Gasteiger partial charge in [-0.25, -0.2) is 0 Å². The standard InChI is InChI=1S/C12H18/c1-9-6-7-10(2)11(8-9)12(3,4)5/h6-8H,1-5H3. The molecule has 0 unspecified atom stereocenters. The van der Waals surface area contributed by atoms with Gasteiger partial charge in [0.1, 0.15) is 0 Å². The molecule has 0 nitrogen and oxygen atoms in total. The monoisotopic (exact) mass is 162 g/mol. The maximum absolute atomic E-state index is 2.29. The van der Waals surface area contributed by atoms with E-state index in [1.165, 1.54) is 16.7 Å². The first-order valence-electron chi connectivity index (χ1n) is 4.49. The summed E-state index contributed by atoms with van der Waals surface area (Å²) >= 11 is 0. The van der Waals surface area contributed by atoms with Gasteiger partial charge in [-0.1, -0.05) is 44.5 Å². The first kappa shape index (κ1) is 9.31. The zero-order valence-corrected chi connectivity index (χ0v) is 8.73. The summed E-state index contributed by atoms with van der Waals surface area (Å²) in [4.78, 5) is 0. The molecule has 66 valence electrons. The van der Waals surface area contributed by atoms with Gasteiger partial charge in [-0.15, -0.1) is 0 Å². The molecule has 1 aromatic rings. The molecule has 1 aromatic carbocycles. The molecule has 0 heteroatoms. The topological polar surface area (TPSA) is 0 Å². The zero-order chi connectivity index (χ0) is 9.35. The van der Waals surface area contributed by atoms with Gasteiger partial charge in [0.15, 0.2) is 0 Å². The molecule has 0 aliphatic carbocycles. The summed E-state index contributed by atoms with van der Waals surface area (Å²) in [6, 6.07) is 6.66. The molecule has 0 aromatic heterocycles. The van der Waals surface area contributed by atoms with Crippen molar-refractivity contribution in [3.63, 3.8) is 0 Å². The van der Waals surface area contributed by atoms with Crippen molar-refractivity contribution in [2.75, 3.05) is 0 Å². The van der Waals surface area contributed by atoms with Crippen LogP contribution < -0.4 is 0 Å². The van der Waals surface area contributed by atoms with Crippen LogP contribution in [0.15, 0.2) is 18.2 Å². The number of hydrogen-bond acceptors (Lipinski definition) is 0. The molecule has 0 bridgehead atoms. The van der Waals surface area contributed by atoms with E-state index in [1.807, 2.05) is 0 Å². The molecule has 0 heterocycles. The van der Waals surface area contributed by atoms with Crippen molar-refractivity contribution in [2.45, 2.75) is 40.0 Å². The van der Waals surface area contributed by atoms with E-state index in [-0.39, 0.29) is 5.41 Å². The molecule has 1 rings (SSSR count). The number of aryl methyl sites for hydroxylation is 2. The summed E-state index contributed by atoms with van der Waals surface area (Å²) < 4.78 is 0. The Morgan fingerprint density at radius 1 is 1.00 bits per heavy atom. The molecule has 0 atom stereocenters. The predicted octanol–water partition coefficient (Wildman–Crippen LogP) is 3.60. The molecule has 0 N–H and O–H groups in total. The van der Waals surface area contributed by atoms with Crippen LogP contribution in [0.5, 0.6) is 0 Å². The van der Waals surface area contributed by atoms with Crippen LogP contribution in [0, 0.1) is 13.8 Å². The van der Waals surface area contributed by atoms with Crippen molar-refractivity contribution in [1.82, 2.24) is 0 Å². The van der Waals surface area contributed by atoms with Crippen LogP contribution in [0.25, 0.3) is 0 Å². The molecular formula is C12H18. The summed E-state index contributed by atoms with van der Waals surface area (Å²) in [5.41, 5.74) is 4.48. The molecule has 0 saturated heterocycles. The molecule has 0 spiro atoms. The van der Waals surface area contributed by atoms with E-state index in [0.717, 1.165) is 0 Å². The lowest BCUT2D eigenvalue weighted by Gasteiger charge is -2.22. The maximum Gasteiger partial charge on any atom is -0.0129 e. The highest BCUT2D eigenvalue weighted by Crippen LogP contribution is 2.25. The van der Waals surface area contributed by atoms with E-state index in [1.54, 1.807) is 0 Å². The lowest BCUT2D eigenvalue weighted by molar-refractivity contribution is 0.585. The van der Waals surface area contributed by atoms with E-state index in [4.69, 9.17) is 0 Å². The van der Waals surface area contributed by atoms with E-state index >= 15 is 0 Å². The highest BCUT2D eigenvalue weighted by atomic mass is 14.2. The summed E-state index contributed by atoms with van der Waals surface area (Å²) in [5.74, 6) is 0. The zero-order valence-electron chi connectivity index (χ0n) is 8.73. The van der Waals surface area contributed by atoms with Crippen molar-refractivity contribution >= 4 is 0 Å². The minimum Gasteiger partial charge on any atom is -0.0590 e. The van der Waals surface area contributed by atoms with Gasteiger partial charge < -0.3 is 0 Å². The van der Waals surface area contributed by atoms with Gasteiger partial charge in [-0.05, 0) is 30.4 Å². The fourth-order valence-electron chi connectivity index (χ4n) is 1.54. The van der Waals surface area contributed by atoms with Crippen LogP contribution in [0.3, 0.4) is 0 Å². The maximum atomic E-state index is 2.29. The minimum absolute atomic E-state index is 0.274. The minimum atomic E-state index is 0.274. The molecule has 12 heavy (non-hydrogen) atoms. The summed E-state index contributed by atoms with van der Waals surface area (Å²) in [6.45, 7) is 11.1. The Balaban J connectivity index is 3.23. The Bertz CT molecular complexity index is 277. The molecule has 0 radical (unpaired) electrons. The van der Waals surface area contributed by atoms with Crippen LogP contribution in [0.4, 0.5) is 0 Å². The van der Waals surface area contributed by atoms with Gasteiger partial charge in [0.2, 0.25) is 0 Å². The van der Waals surface area contributed by atoms with Crippen molar-refractivity contribution in [3.8, 4) is 0 Å². The molecule has 0 saturated carbocycles. The predicted molar refractivity (Wildman–Crippen MR) is 54.6 cm³/mol. The molecule has 0 aliphatic heterocycles. The molecule has 0 amide bonds. The number of rotatable bonds is 0. The Hall–Kier alpha value is -0.780. The average molecular weight is 162 g/mol. The van der Waals surface area contributed by atoms with Crippen LogP contribution in [0.1, 0.15) is 37.5 Å². The molecule has 0 aliphatic rings. The van der Waals surface area contributed by atoms with Crippen molar-refractivity contribution < 1.29 is 0 Å². The van der Waals surface area contributed by atoms with Gasteiger partial charge in [0.05, 0.1) is 0 Å². The van der Waals surface area contributed by atoms with Crippen LogP contribution in [0.2, 0.25) is 0 Å². The van der Waals surface area contributed by atoms with Gasteiger partial charge in [-0.2, -0.15) is 0 Å². The molecular weight excluding hydrogens is 144 g/mol. The first-order valence-corrected chi connectivity index (χ1v) is 4.49. The van der Waals surface area contributed by atoms with Gasteiger partial charge in [-0.3, -0.25) is 0 Å². The Morgan fingerprint density at radius 2 is 1.58 bits per heavy atom.